The van der Waals surface area contributed by atoms with E-state index in [1.165, 1.54) is 0 Å². The third-order valence-corrected chi connectivity index (χ3v) is 3.99. The molecule has 2 aromatic rings. The third kappa shape index (κ3) is 2.96. The second kappa shape index (κ2) is 5.73. The topological polar surface area (TPSA) is 35.2 Å². The molecule has 2 aromatic carbocycles. The molecule has 2 unspecified atom stereocenters. The van der Waals surface area contributed by atoms with Crippen LogP contribution in [0.25, 0.3) is 11.1 Å². The summed E-state index contributed by atoms with van der Waals surface area (Å²) in [6.45, 7) is 1.67. The number of hydrogen-bond donors (Lipinski definition) is 1. The quantitative estimate of drug-likeness (QED) is 0.825. The number of rotatable bonds is 2. The molecule has 2 atom stereocenters. The van der Waals surface area contributed by atoms with Gasteiger partial charge in [0.15, 0.2) is 0 Å². The predicted molar refractivity (Wildman–Crippen MR) is 78.6 cm³/mol. The molecule has 0 saturated heterocycles. The van der Waals surface area contributed by atoms with Gasteiger partial charge in [-0.05, 0) is 42.8 Å². The zero-order chi connectivity index (χ0) is 17.6. The first kappa shape index (κ1) is 16.7. The maximum Gasteiger partial charge on any atom is 0.416 e. The Morgan fingerprint density at radius 3 is 2.46 bits per heavy atom. The number of benzene rings is 2. The number of halogens is 5. The lowest BCUT2D eigenvalue weighted by Crippen LogP contribution is -2.34. The number of fused-ring (bicyclic) bond motifs is 1. The Morgan fingerprint density at radius 2 is 1.83 bits per heavy atom. The van der Waals surface area contributed by atoms with Gasteiger partial charge < -0.3 is 10.5 Å². The van der Waals surface area contributed by atoms with Crippen LogP contribution in [0, 0.1) is 11.6 Å². The zero-order valence-corrected chi connectivity index (χ0v) is 12.6. The van der Waals surface area contributed by atoms with Crippen LogP contribution in [0.4, 0.5) is 22.0 Å². The lowest BCUT2D eigenvalue weighted by atomic mass is 9.96. The zero-order valence-electron chi connectivity index (χ0n) is 12.6. The molecule has 0 aromatic heterocycles. The van der Waals surface area contributed by atoms with Crippen molar-refractivity contribution in [3.63, 3.8) is 0 Å². The molecule has 24 heavy (non-hydrogen) atoms. The summed E-state index contributed by atoms with van der Waals surface area (Å²) in [5.74, 6) is -1.46. The molecule has 1 aliphatic heterocycles. The van der Waals surface area contributed by atoms with Crippen molar-refractivity contribution < 1.29 is 26.7 Å². The van der Waals surface area contributed by atoms with Crippen molar-refractivity contribution in [3.05, 3.63) is 53.1 Å². The van der Waals surface area contributed by atoms with Crippen LogP contribution < -0.4 is 10.5 Å². The highest BCUT2D eigenvalue weighted by atomic mass is 19.4. The molecular formula is C17H14F5NO. The van der Waals surface area contributed by atoms with Crippen LogP contribution in [0.15, 0.2) is 30.3 Å². The van der Waals surface area contributed by atoms with Crippen LogP contribution in [0.1, 0.15) is 18.1 Å². The summed E-state index contributed by atoms with van der Waals surface area (Å²) in [7, 11) is 0. The summed E-state index contributed by atoms with van der Waals surface area (Å²) in [6.07, 6.45) is -4.94. The van der Waals surface area contributed by atoms with Crippen LogP contribution in [-0.4, -0.2) is 12.1 Å². The van der Waals surface area contributed by atoms with Gasteiger partial charge >= 0.3 is 6.18 Å². The summed E-state index contributed by atoms with van der Waals surface area (Å²) in [4.78, 5) is 0. The second-order valence-electron chi connectivity index (χ2n) is 5.85. The minimum absolute atomic E-state index is 0.120. The first-order valence-electron chi connectivity index (χ1n) is 7.28. The molecule has 1 aliphatic rings. The number of ether oxygens (including phenoxy) is 1. The highest BCUT2D eigenvalue weighted by molar-refractivity contribution is 5.74. The summed E-state index contributed by atoms with van der Waals surface area (Å²) >= 11 is 0. The molecule has 2 nitrogen and oxygen atoms in total. The largest absolute Gasteiger partial charge is 0.488 e. The normalized spacial score (nSPS) is 18.2. The maximum absolute atomic E-state index is 14.1. The Morgan fingerprint density at radius 1 is 1.12 bits per heavy atom. The van der Waals surface area contributed by atoms with Crippen molar-refractivity contribution >= 4 is 0 Å². The first-order chi connectivity index (χ1) is 11.2. The van der Waals surface area contributed by atoms with E-state index in [0.717, 1.165) is 30.3 Å². The Hall–Kier alpha value is -2.15. The maximum atomic E-state index is 14.1. The lowest BCUT2D eigenvalue weighted by molar-refractivity contribution is -0.137. The van der Waals surface area contributed by atoms with Crippen molar-refractivity contribution in [1.29, 1.82) is 0 Å². The standard InChI is InChI=1S/C17H14F5NO/c1-8(23)15-5-9-4-10(17(20,21)22)6-13(16(9)24-15)12-7-11(18)2-3-14(12)19/h2-4,6-8,15H,5,23H2,1H3. The smallest absolute Gasteiger partial charge is 0.416 e. The van der Waals surface area contributed by atoms with Crippen molar-refractivity contribution in [2.75, 3.05) is 0 Å². The fraction of sp³-hybridized carbons (Fsp3) is 0.294. The molecule has 0 bridgehead atoms. The molecule has 1 heterocycles. The summed E-state index contributed by atoms with van der Waals surface area (Å²) in [6, 6.07) is 3.96. The Balaban J connectivity index is 2.22. The Bertz CT molecular complexity index is 785. The lowest BCUT2D eigenvalue weighted by Gasteiger charge is -2.16. The molecule has 7 heteroatoms. The molecular weight excluding hydrogens is 329 g/mol. The van der Waals surface area contributed by atoms with Gasteiger partial charge in [-0.1, -0.05) is 0 Å². The van der Waals surface area contributed by atoms with Crippen molar-refractivity contribution in [2.24, 2.45) is 5.73 Å². The van der Waals surface area contributed by atoms with Gasteiger partial charge in [-0.3, -0.25) is 0 Å². The number of alkyl halides is 3. The molecule has 3 rings (SSSR count). The van der Waals surface area contributed by atoms with Gasteiger partial charge in [-0.2, -0.15) is 13.2 Å². The van der Waals surface area contributed by atoms with E-state index in [1.54, 1.807) is 6.92 Å². The van der Waals surface area contributed by atoms with Crippen LogP contribution in [0.2, 0.25) is 0 Å². The fourth-order valence-corrected chi connectivity index (χ4v) is 2.75. The first-order valence-corrected chi connectivity index (χ1v) is 7.28. The molecule has 0 saturated carbocycles. The Kier molecular flexibility index (Phi) is 3.99. The highest BCUT2D eigenvalue weighted by Gasteiger charge is 2.36. The predicted octanol–water partition coefficient (Wildman–Crippen LogP) is 4.30. The molecule has 0 fully saturated rings. The van der Waals surface area contributed by atoms with Crippen LogP contribution in [0.5, 0.6) is 5.75 Å². The summed E-state index contributed by atoms with van der Waals surface area (Å²) in [5.41, 5.74) is 4.71. The van der Waals surface area contributed by atoms with E-state index in [1.807, 2.05) is 0 Å². The monoisotopic (exact) mass is 343 g/mol. The van der Waals surface area contributed by atoms with Gasteiger partial charge in [0.1, 0.15) is 23.5 Å². The van der Waals surface area contributed by atoms with Crippen LogP contribution >= 0.6 is 0 Å². The average Bonchev–Trinajstić information content (AvgIpc) is 2.92. The summed E-state index contributed by atoms with van der Waals surface area (Å²) in [5, 5.41) is 0. The SMILES string of the molecule is CC(N)C1Cc2cc(C(F)(F)F)cc(-c3cc(F)ccc3F)c2O1. The van der Waals surface area contributed by atoms with Gasteiger partial charge in [-0.25, -0.2) is 8.78 Å². The minimum atomic E-state index is -4.61. The number of nitrogens with two attached hydrogens (primary N) is 1. The van der Waals surface area contributed by atoms with Crippen LogP contribution in [0.3, 0.4) is 0 Å². The van der Waals surface area contributed by atoms with E-state index in [2.05, 4.69) is 0 Å². The van der Waals surface area contributed by atoms with E-state index < -0.39 is 35.5 Å². The second-order valence-corrected chi connectivity index (χ2v) is 5.85. The van der Waals surface area contributed by atoms with E-state index in [9.17, 15) is 22.0 Å². The molecule has 0 aliphatic carbocycles. The molecule has 0 amide bonds. The number of hydrogen-bond acceptors (Lipinski definition) is 2. The van der Waals surface area contributed by atoms with E-state index in [4.69, 9.17) is 10.5 Å². The average molecular weight is 343 g/mol. The van der Waals surface area contributed by atoms with Gasteiger partial charge in [0, 0.05) is 23.6 Å². The molecule has 0 radical (unpaired) electrons. The van der Waals surface area contributed by atoms with E-state index in [0.29, 0.717) is 0 Å². The summed E-state index contributed by atoms with van der Waals surface area (Å²) < 4.78 is 72.7. The van der Waals surface area contributed by atoms with E-state index in [-0.39, 0.29) is 28.9 Å². The van der Waals surface area contributed by atoms with Gasteiger partial charge in [-0.15, -0.1) is 0 Å². The van der Waals surface area contributed by atoms with Crippen molar-refractivity contribution in [1.82, 2.24) is 0 Å². The Labute approximate surface area is 135 Å². The molecule has 0 spiro atoms. The van der Waals surface area contributed by atoms with Crippen LogP contribution in [-0.2, 0) is 12.6 Å². The van der Waals surface area contributed by atoms with Gasteiger partial charge in [0.25, 0.3) is 0 Å². The minimum Gasteiger partial charge on any atom is -0.488 e. The van der Waals surface area contributed by atoms with Crippen molar-refractivity contribution in [2.45, 2.75) is 31.7 Å². The highest BCUT2D eigenvalue weighted by Crippen LogP contribution is 2.44. The molecule has 2 N–H and O–H groups in total. The fourth-order valence-electron chi connectivity index (χ4n) is 2.75. The molecule has 128 valence electrons. The van der Waals surface area contributed by atoms with Gasteiger partial charge in [0.05, 0.1) is 5.56 Å². The van der Waals surface area contributed by atoms with Crippen molar-refractivity contribution in [3.8, 4) is 16.9 Å². The van der Waals surface area contributed by atoms with Gasteiger partial charge in [0.2, 0.25) is 0 Å². The van der Waals surface area contributed by atoms with E-state index >= 15 is 0 Å². The third-order valence-electron chi connectivity index (χ3n) is 3.99.